The fraction of sp³-hybridized carbons (Fsp3) is 0.533. The molecular formula is C15H20N4O. The van der Waals surface area contributed by atoms with Crippen LogP contribution in [0.5, 0.6) is 0 Å². The summed E-state index contributed by atoms with van der Waals surface area (Å²) in [4.78, 5) is 8.84. The fourth-order valence-corrected chi connectivity index (χ4v) is 2.97. The van der Waals surface area contributed by atoms with Crippen LogP contribution in [0.25, 0.3) is 0 Å². The molecule has 0 aromatic carbocycles. The van der Waals surface area contributed by atoms with Gasteiger partial charge in [0.2, 0.25) is 5.89 Å². The molecule has 1 aliphatic rings. The molecule has 2 N–H and O–H groups in total. The molecule has 2 heterocycles. The Morgan fingerprint density at radius 1 is 1.25 bits per heavy atom. The molecule has 106 valence electrons. The summed E-state index contributed by atoms with van der Waals surface area (Å²) in [6, 6.07) is 5.84. The molecule has 2 aromatic rings. The van der Waals surface area contributed by atoms with E-state index in [-0.39, 0.29) is 0 Å². The summed E-state index contributed by atoms with van der Waals surface area (Å²) in [5.74, 6) is 2.27. The summed E-state index contributed by atoms with van der Waals surface area (Å²) >= 11 is 0. The van der Waals surface area contributed by atoms with Crippen molar-refractivity contribution in [2.45, 2.75) is 38.0 Å². The Bertz CT molecular complexity index is 540. The van der Waals surface area contributed by atoms with Gasteiger partial charge in [-0.3, -0.25) is 4.98 Å². The first kappa shape index (κ1) is 13.2. The first-order valence-electron chi connectivity index (χ1n) is 7.29. The third kappa shape index (κ3) is 2.88. The van der Waals surface area contributed by atoms with E-state index in [1.807, 2.05) is 18.2 Å². The molecule has 0 amide bonds. The van der Waals surface area contributed by atoms with Crippen LogP contribution < -0.4 is 5.73 Å². The van der Waals surface area contributed by atoms with E-state index in [9.17, 15) is 0 Å². The van der Waals surface area contributed by atoms with Gasteiger partial charge in [-0.2, -0.15) is 4.98 Å². The van der Waals surface area contributed by atoms with Crippen LogP contribution in [-0.4, -0.2) is 21.7 Å². The second kappa shape index (κ2) is 6.13. The van der Waals surface area contributed by atoms with E-state index in [1.54, 1.807) is 6.20 Å². The first-order chi connectivity index (χ1) is 9.86. The highest BCUT2D eigenvalue weighted by molar-refractivity contribution is 5.10. The fourth-order valence-electron chi connectivity index (χ4n) is 2.97. The average Bonchev–Trinajstić information content (AvgIpc) is 2.96. The third-order valence-electron chi connectivity index (χ3n) is 4.08. The normalized spacial score (nSPS) is 22.9. The van der Waals surface area contributed by atoms with Gasteiger partial charge in [0.15, 0.2) is 5.82 Å². The van der Waals surface area contributed by atoms with Gasteiger partial charge in [-0.05, 0) is 37.4 Å². The van der Waals surface area contributed by atoms with Crippen molar-refractivity contribution in [1.82, 2.24) is 15.1 Å². The van der Waals surface area contributed by atoms with Crippen LogP contribution in [0.3, 0.4) is 0 Å². The van der Waals surface area contributed by atoms with Gasteiger partial charge in [0.25, 0.3) is 0 Å². The van der Waals surface area contributed by atoms with Gasteiger partial charge in [-0.25, -0.2) is 0 Å². The standard InChI is InChI=1S/C15H20N4O/c16-10-11-5-1-2-7-13(11)15-18-14(19-20-15)9-12-6-3-4-8-17-12/h3-4,6,8,11,13H,1-2,5,7,9-10,16H2. The van der Waals surface area contributed by atoms with Crippen molar-refractivity contribution in [1.29, 1.82) is 0 Å². The largest absolute Gasteiger partial charge is 0.339 e. The van der Waals surface area contributed by atoms with E-state index in [4.69, 9.17) is 10.3 Å². The van der Waals surface area contributed by atoms with Gasteiger partial charge in [0.05, 0.1) is 6.42 Å². The zero-order valence-corrected chi connectivity index (χ0v) is 11.5. The monoisotopic (exact) mass is 272 g/mol. The van der Waals surface area contributed by atoms with Crippen LogP contribution in [0.2, 0.25) is 0 Å². The summed E-state index contributed by atoms with van der Waals surface area (Å²) in [6.45, 7) is 0.697. The summed E-state index contributed by atoms with van der Waals surface area (Å²) < 4.78 is 5.46. The maximum atomic E-state index is 5.86. The van der Waals surface area contributed by atoms with E-state index in [0.717, 1.165) is 18.0 Å². The summed E-state index contributed by atoms with van der Waals surface area (Å²) in [7, 11) is 0. The average molecular weight is 272 g/mol. The predicted octanol–water partition coefficient (Wildman–Crippen LogP) is 2.29. The Morgan fingerprint density at radius 3 is 2.95 bits per heavy atom. The van der Waals surface area contributed by atoms with Crippen molar-refractivity contribution in [3.05, 3.63) is 41.8 Å². The maximum absolute atomic E-state index is 5.86. The third-order valence-corrected chi connectivity index (χ3v) is 4.08. The van der Waals surface area contributed by atoms with Crippen molar-refractivity contribution in [2.75, 3.05) is 6.54 Å². The minimum Gasteiger partial charge on any atom is -0.339 e. The van der Waals surface area contributed by atoms with Crippen LogP contribution in [0, 0.1) is 5.92 Å². The Balaban J connectivity index is 1.73. The smallest absolute Gasteiger partial charge is 0.230 e. The quantitative estimate of drug-likeness (QED) is 0.924. The summed E-state index contributed by atoms with van der Waals surface area (Å²) in [6.07, 6.45) is 7.14. The zero-order chi connectivity index (χ0) is 13.8. The molecule has 3 rings (SSSR count). The number of aromatic nitrogens is 3. The lowest BCUT2D eigenvalue weighted by Gasteiger charge is -2.27. The van der Waals surface area contributed by atoms with E-state index in [1.165, 1.54) is 19.3 Å². The molecule has 1 fully saturated rings. The highest BCUT2D eigenvalue weighted by Crippen LogP contribution is 2.36. The number of pyridine rings is 1. The van der Waals surface area contributed by atoms with E-state index in [0.29, 0.717) is 30.6 Å². The second-order valence-corrected chi connectivity index (χ2v) is 5.43. The van der Waals surface area contributed by atoms with Crippen molar-refractivity contribution < 1.29 is 4.52 Å². The molecule has 1 saturated carbocycles. The highest BCUT2D eigenvalue weighted by Gasteiger charge is 2.29. The van der Waals surface area contributed by atoms with Gasteiger partial charge >= 0.3 is 0 Å². The number of hydrogen-bond acceptors (Lipinski definition) is 5. The molecule has 1 aliphatic carbocycles. The molecule has 5 heteroatoms. The zero-order valence-electron chi connectivity index (χ0n) is 11.5. The lowest BCUT2D eigenvalue weighted by atomic mass is 9.79. The van der Waals surface area contributed by atoms with Crippen molar-refractivity contribution in [3.63, 3.8) is 0 Å². The molecule has 5 nitrogen and oxygen atoms in total. The lowest BCUT2D eigenvalue weighted by Crippen LogP contribution is -2.25. The molecule has 20 heavy (non-hydrogen) atoms. The first-order valence-corrected chi connectivity index (χ1v) is 7.29. The van der Waals surface area contributed by atoms with Crippen molar-refractivity contribution in [3.8, 4) is 0 Å². The molecule has 0 bridgehead atoms. The van der Waals surface area contributed by atoms with Crippen LogP contribution in [0.15, 0.2) is 28.9 Å². The van der Waals surface area contributed by atoms with E-state index in [2.05, 4.69) is 15.1 Å². The Morgan fingerprint density at radius 2 is 2.15 bits per heavy atom. The minimum atomic E-state index is 0.332. The topological polar surface area (TPSA) is 77.8 Å². The SMILES string of the molecule is NCC1CCCCC1c1nc(Cc2ccccn2)no1. The Labute approximate surface area is 118 Å². The number of rotatable bonds is 4. The molecule has 2 unspecified atom stereocenters. The highest BCUT2D eigenvalue weighted by atomic mass is 16.5. The molecule has 2 atom stereocenters. The van der Waals surface area contributed by atoms with Crippen molar-refractivity contribution >= 4 is 0 Å². The van der Waals surface area contributed by atoms with Crippen LogP contribution in [0.4, 0.5) is 0 Å². The molecular weight excluding hydrogens is 252 g/mol. The maximum Gasteiger partial charge on any atom is 0.230 e. The minimum absolute atomic E-state index is 0.332. The number of nitrogens with two attached hydrogens (primary N) is 1. The van der Waals surface area contributed by atoms with Gasteiger partial charge in [-0.1, -0.05) is 24.1 Å². The number of hydrogen-bond donors (Lipinski definition) is 1. The summed E-state index contributed by atoms with van der Waals surface area (Å²) in [5, 5.41) is 4.09. The van der Waals surface area contributed by atoms with Crippen LogP contribution in [0.1, 0.15) is 49.0 Å². The second-order valence-electron chi connectivity index (χ2n) is 5.43. The van der Waals surface area contributed by atoms with Crippen LogP contribution >= 0.6 is 0 Å². The molecule has 0 radical (unpaired) electrons. The van der Waals surface area contributed by atoms with Crippen LogP contribution in [-0.2, 0) is 6.42 Å². The van der Waals surface area contributed by atoms with Gasteiger partial charge < -0.3 is 10.3 Å². The molecule has 0 aliphatic heterocycles. The van der Waals surface area contributed by atoms with E-state index < -0.39 is 0 Å². The number of nitrogens with zero attached hydrogens (tertiary/aromatic N) is 3. The van der Waals surface area contributed by atoms with Crippen molar-refractivity contribution in [2.24, 2.45) is 11.7 Å². The Kier molecular flexibility index (Phi) is 4.06. The molecule has 0 saturated heterocycles. The van der Waals surface area contributed by atoms with Gasteiger partial charge in [0, 0.05) is 17.8 Å². The Hall–Kier alpha value is -1.75. The predicted molar refractivity (Wildman–Crippen MR) is 75.1 cm³/mol. The van der Waals surface area contributed by atoms with Gasteiger partial charge in [-0.15, -0.1) is 0 Å². The molecule has 0 spiro atoms. The van der Waals surface area contributed by atoms with Gasteiger partial charge in [0.1, 0.15) is 0 Å². The molecule has 2 aromatic heterocycles. The lowest BCUT2D eigenvalue weighted by molar-refractivity contribution is 0.249. The van der Waals surface area contributed by atoms with E-state index >= 15 is 0 Å². The summed E-state index contributed by atoms with van der Waals surface area (Å²) in [5.41, 5.74) is 6.82.